The summed E-state index contributed by atoms with van der Waals surface area (Å²) in [4.78, 5) is 24.4. The maximum absolute atomic E-state index is 12.0. The number of carboxylic acid groups (broad SMARTS) is 1. The second-order valence-corrected chi connectivity index (χ2v) is 4.75. The van der Waals surface area contributed by atoms with E-state index in [1.54, 1.807) is 14.2 Å². The van der Waals surface area contributed by atoms with Crippen LogP contribution in [0.4, 0.5) is 10.5 Å². The van der Waals surface area contributed by atoms with Crippen molar-refractivity contribution in [1.29, 1.82) is 0 Å². The summed E-state index contributed by atoms with van der Waals surface area (Å²) in [6.45, 7) is 2.23. The molecule has 0 bridgehead atoms. The summed E-state index contributed by atoms with van der Waals surface area (Å²) >= 11 is 5.94. The summed E-state index contributed by atoms with van der Waals surface area (Å²) in [7, 11) is 3.17. The number of carbonyl (C=O) groups is 2. The normalized spacial score (nSPS) is 11.8. The van der Waals surface area contributed by atoms with Crippen LogP contribution in [0.5, 0.6) is 0 Å². The lowest BCUT2D eigenvalue weighted by Crippen LogP contribution is -2.40. The van der Waals surface area contributed by atoms with Gasteiger partial charge in [-0.2, -0.15) is 0 Å². The van der Waals surface area contributed by atoms with E-state index in [9.17, 15) is 9.59 Å². The summed E-state index contributed by atoms with van der Waals surface area (Å²) in [6, 6.07) is 3.61. The summed E-state index contributed by atoms with van der Waals surface area (Å²) in [5, 5.41) is 11.8. The Morgan fingerprint density at radius 1 is 1.50 bits per heavy atom. The molecule has 0 radical (unpaired) electrons. The molecule has 0 aromatic heterocycles. The van der Waals surface area contributed by atoms with Gasteiger partial charge in [0.15, 0.2) is 0 Å². The van der Waals surface area contributed by atoms with Crippen LogP contribution < -0.4 is 5.32 Å². The highest BCUT2D eigenvalue weighted by Gasteiger charge is 2.17. The maximum Gasteiger partial charge on any atom is 0.335 e. The van der Waals surface area contributed by atoms with Gasteiger partial charge in [0.2, 0.25) is 0 Å². The van der Waals surface area contributed by atoms with Crippen LogP contribution in [0.2, 0.25) is 5.02 Å². The van der Waals surface area contributed by atoms with Gasteiger partial charge in [-0.3, -0.25) is 0 Å². The number of methoxy groups -OCH3 is 1. The molecule has 1 aromatic carbocycles. The smallest absolute Gasteiger partial charge is 0.335 e. The largest absolute Gasteiger partial charge is 0.478 e. The number of benzene rings is 1. The van der Waals surface area contributed by atoms with Gasteiger partial charge in [0.1, 0.15) is 0 Å². The van der Waals surface area contributed by atoms with Gasteiger partial charge in [0.05, 0.1) is 28.9 Å². The molecule has 7 heteroatoms. The Morgan fingerprint density at radius 3 is 2.70 bits per heavy atom. The van der Waals surface area contributed by atoms with E-state index in [1.165, 1.54) is 23.1 Å². The van der Waals surface area contributed by atoms with Gasteiger partial charge in [-0.05, 0) is 25.1 Å². The van der Waals surface area contributed by atoms with E-state index in [0.29, 0.717) is 6.61 Å². The molecule has 0 aliphatic carbocycles. The summed E-state index contributed by atoms with van der Waals surface area (Å²) in [6.07, 6.45) is 0. The van der Waals surface area contributed by atoms with Crippen molar-refractivity contribution in [3.05, 3.63) is 28.8 Å². The van der Waals surface area contributed by atoms with E-state index in [2.05, 4.69) is 5.32 Å². The molecule has 6 nitrogen and oxygen atoms in total. The zero-order valence-electron chi connectivity index (χ0n) is 11.5. The molecule has 1 aromatic rings. The fourth-order valence-corrected chi connectivity index (χ4v) is 1.68. The van der Waals surface area contributed by atoms with Crippen molar-refractivity contribution in [3.8, 4) is 0 Å². The Labute approximate surface area is 122 Å². The number of hydrogen-bond donors (Lipinski definition) is 2. The summed E-state index contributed by atoms with van der Waals surface area (Å²) in [5.74, 6) is -1.08. The molecule has 110 valence electrons. The van der Waals surface area contributed by atoms with Gasteiger partial charge in [-0.1, -0.05) is 11.6 Å². The van der Waals surface area contributed by atoms with Crippen LogP contribution in [0.25, 0.3) is 0 Å². The monoisotopic (exact) mass is 300 g/mol. The Hall–Kier alpha value is -1.79. The number of hydrogen-bond acceptors (Lipinski definition) is 3. The molecule has 0 aliphatic rings. The molecular formula is C13H17ClN2O4. The zero-order valence-corrected chi connectivity index (χ0v) is 12.3. The summed E-state index contributed by atoms with van der Waals surface area (Å²) in [5.41, 5.74) is 0.310. The fourth-order valence-electron chi connectivity index (χ4n) is 1.51. The standard InChI is InChI=1S/C13H17ClN2O4/c1-8(7-20-3)16(2)13(19)15-11-6-9(12(17)18)4-5-10(11)14/h4-6,8H,7H2,1-3H3,(H,15,19)(H,17,18). The molecule has 0 spiro atoms. The van der Waals surface area contributed by atoms with Gasteiger partial charge >= 0.3 is 12.0 Å². The number of carboxylic acids is 1. The lowest BCUT2D eigenvalue weighted by atomic mass is 10.2. The van der Waals surface area contributed by atoms with Crippen molar-refractivity contribution >= 4 is 29.3 Å². The zero-order chi connectivity index (χ0) is 15.3. The van der Waals surface area contributed by atoms with Crippen LogP contribution >= 0.6 is 11.6 Å². The number of aromatic carboxylic acids is 1. The van der Waals surface area contributed by atoms with Crippen molar-refractivity contribution in [2.75, 3.05) is 26.1 Å². The maximum atomic E-state index is 12.0. The highest BCUT2D eigenvalue weighted by molar-refractivity contribution is 6.33. The third-order valence-corrected chi connectivity index (χ3v) is 3.17. The number of halogens is 1. The van der Waals surface area contributed by atoms with Crippen molar-refractivity contribution in [2.24, 2.45) is 0 Å². The highest BCUT2D eigenvalue weighted by atomic mass is 35.5. The number of amides is 2. The number of ether oxygens (including phenoxy) is 1. The van der Waals surface area contributed by atoms with E-state index < -0.39 is 5.97 Å². The first-order valence-electron chi connectivity index (χ1n) is 5.92. The molecule has 0 saturated heterocycles. The van der Waals surface area contributed by atoms with Crippen LogP contribution in [0.1, 0.15) is 17.3 Å². The van der Waals surface area contributed by atoms with Crippen LogP contribution in [-0.2, 0) is 4.74 Å². The van der Waals surface area contributed by atoms with Gasteiger partial charge in [-0.15, -0.1) is 0 Å². The first-order chi connectivity index (χ1) is 9.36. The van der Waals surface area contributed by atoms with E-state index in [0.717, 1.165) is 0 Å². The number of rotatable bonds is 5. The second kappa shape index (κ2) is 7.12. The molecule has 0 heterocycles. The molecule has 1 rings (SSSR count). The van der Waals surface area contributed by atoms with E-state index in [-0.39, 0.29) is 28.3 Å². The lowest BCUT2D eigenvalue weighted by molar-refractivity contribution is 0.0697. The lowest BCUT2D eigenvalue weighted by Gasteiger charge is -2.24. The molecule has 2 N–H and O–H groups in total. The molecule has 2 amide bonds. The van der Waals surface area contributed by atoms with Gasteiger partial charge < -0.3 is 20.1 Å². The van der Waals surface area contributed by atoms with E-state index in [4.69, 9.17) is 21.4 Å². The highest BCUT2D eigenvalue weighted by Crippen LogP contribution is 2.23. The topological polar surface area (TPSA) is 78.9 Å². The Bertz CT molecular complexity index is 507. The number of nitrogens with zero attached hydrogens (tertiary/aromatic N) is 1. The second-order valence-electron chi connectivity index (χ2n) is 4.35. The number of nitrogens with one attached hydrogen (secondary N) is 1. The molecule has 1 unspecified atom stereocenters. The average molecular weight is 301 g/mol. The number of anilines is 1. The van der Waals surface area contributed by atoms with Gasteiger partial charge in [-0.25, -0.2) is 9.59 Å². The Kier molecular flexibility index (Phi) is 5.79. The average Bonchev–Trinajstić information content (AvgIpc) is 2.40. The van der Waals surface area contributed by atoms with Crippen LogP contribution in [-0.4, -0.2) is 48.8 Å². The van der Waals surface area contributed by atoms with Crippen molar-refractivity contribution in [3.63, 3.8) is 0 Å². The van der Waals surface area contributed by atoms with Crippen LogP contribution in [0.15, 0.2) is 18.2 Å². The van der Waals surface area contributed by atoms with Crippen LogP contribution in [0.3, 0.4) is 0 Å². The molecule has 0 fully saturated rings. The first kappa shape index (κ1) is 16.3. The fraction of sp³-hybridized carbons (Fsp3) is 0.385. The molecular weight excluding hydrogens is 284 g/mol. The SMILES string of the molecule is COCC(C)N(C)C(=O)Nc1cc(C(=O)O)ccc1Cl. The van der Waals surface area contributed by atoms with E-state index in [1.807, 2.05) is 6.92 Å². The van der Waals surface area contributed by atoms with Crippen LogP contribution in [0, 0.1) is 0 Å². The molecule has 0 saturated carbocycles. The van der Waals surface area contributed by atoms with Gasteiger partial charge in [0, 0.05) is 14.2 Å². The number of likely N-dealkylation sites (N-methyl/N-ethyl adjacent to an activating group) is 1. The minimum absolute atomic E-state index is 0.0530. The minimum atomic E-state index is -1.08. The van der Waals surface area contributed by atoms with Crippen molar-refractivity contribution in [1.82, 2.24) is 4.90 Å². The summed E-state index contributed by atoms with van der Waals surface area (Å²) < 4.78 is 4.97. The Balaban J connectivity index is 2.84. The molecule has 20 heavy (non-hydrogen) atoms. The third kappa shape index (κ3) is 4.11. The molecule has 0 aliphatic heterocycles. The Morgan fingerprint density at radius 2 is 2.15 bits per heavy atom. The van der Waals surface area contributed by atoms with E-state index >= 15 is 0 Å². The first-order valence-corrected chi connectivity index (χ1v) is 6.30. The van der Waals surface area contributed by atoms with Gasteiger partial charge in [0.25, 0.3) is 0 Å². The van der Waals surface area contributed by atoms with Crippen molar-refractivity contribution in [2.45, 2.75) is 13.0 Å². The number of carbonyl (C=O) groups excluding carboxylic acids is 1. The number of urea groups is 1. The predicted molar refractivity (Wildman–Crippen MR) is 76.5 cm³/mol. The predicted octanol–water partition coefficient (Wildman–Crippen LogP) is 2.54. The third-order valence-electron chi connectivity index (χ3n) is 2.84. The molecule has 1 atom stereocenters. The van der Waals surface area contributed by atoms with Crippen molar-refractivity contribution < 1.29 is 19.4 Å². The quantitative estimate of drug-likeness (QED) is 0.876. The minimum Gasteiger partial charge on any atom is -0.478 e.